The minimum absolute atomic E-state index is 0. The van der Waals surface area contributed by atoms with Crippen molar-refractivity contribution >= 4 is 97.1 Å². The van der Waals surface area contributed by atoms with E-state index in [4.69, 9.17) is 14.6 Å². The summed E-state index contributed by atoms with van der Waals surface area (Å²) in [6.45, 7) is 19.1. The first-order valence-corrected chi connectivity index (χ1v) is 37.0. The second-order valence-corrected chi connectivity index (χ2v) is 35.7. The Bertz CT molecular complexity index is 2960. The summed E-state index contributed by atoms with van der Waals surface area (Å²) in [6, 6.07) is 17.1. The van der Waals surface area contributed by atoms with Crippen LogP contribution in [-0.4, -0.2) is 74.8 Å². The number of carboxylic acids is 1. The van der Waals surface area contributed by atoms with E-state index in [0.29, 0.717) is 34.4 Å². The van der Waals surface area contributed by atoms with Crippen molar-refractivity contribution in [1.29, 1.82) is 0 Å². The number of carboxylic acid groups (broad SMARTS) is 1. The van der Waals surface area contributed by atoms with Crippen LogP contribution in [-0.2, 0) is 30.6 Å². The third-order valence-corrected chi connectivity index (χ3v) is 32.0. The number of rotatable bonds is 18. The Labute approximate surface area is 508 Å². The Morgan fingerprint density at radius 3 is 1.22 bits per heavy atom. The van der Waals surface area contributed by atoms with Crippen molar-refractivity contribution < 1.29 is 64.0 Å². The normalized spacial score (nSPS) is 14.4. The number of methoxy groups -OCH3 is 2. The maximum atomic E-state index is 11.7. The Morgan fingerprint density at radius 2 is 0.899 bits per heavy atom. The second-order valence-electron chi connectivity index (χ2n) is 21.7. The average molecular weight is 1260 g/mol. The van der Waals surface area contributed by atoms with Crippen LogP contribution in [0.3, 0.4) is 0 Å². The molecule has 426 valence electrons. The van der Waals surface area contributed by atoms with Crippen molar-refractivity contribution in [2.24, 2.45) is 21.1 Å². The molecule has 0 amide bonds. The van der Waals surface area contributed by atoms with E-state index in [1.807, 2.05) is 63.6 Å². The van der Waals surface area contributed by atoms with Crippen molar-refractivity contribution in [2.45, 2.75) is 175 Å². The van der Waals surface area contributed by atoms with E-state index in [1.54, 1.807) is 25.4 Å². The van der Waals surface area contributed by atoms with Crippen LogP contribution in [0.1, 0.15) is 221 Å². The van der Waals surface area contributed by atoms with Crippen LogP contribution >= 0.6 is 15.9 Å². The summed E-state index contributed by atoms with van der Waals surface area (Å²) in [5.41, 5.74) is 11.2. The molecule has 3 aromatic carbocycles. The quantitative estimate of drug-likeness (QED) is 0.0669. The first kappa shape index (κ1) is 69.4. The maximum Gasteiger partial charge on any atom is 1.00 e. The van der Waals surface area contributed by atoms with Gasteiger partial charge < -0.3 is 33.8 Å². The van der Waals surface area contributed by atoms with E-state index in [0.717, 1.165) is 26.8 Å². The van der Waals surface area contributed by atoms with Crippen LogP contribution in [0.15, 0.2) is 83.0 Å². The number of aromatic nitrogens is 3. The van der Waals surface area contributed by atoms with E-state index in [-0.39, 0.29) is 54.4 Å². The number of aryl methyl sites for hydroxylation is 3. The molecule has 0 radical (unpaired) electrons. The van der Waals surface area contributed by atoms with Gasteiger partial charge in [0.2, 0.25) is 0 Å². The predicted octanol–water partition coefficient (Wildman–Crippen LogP) is 15.9. The molecule has 13 heteroatoms. The number of fused-ring (bicyclic) bond motifs is 3. The van der Waals surface area contributed by atoms with Crippen molar-refractivity contribution in [3.63, 3.8) is 0 Å². The zero-order valence-corrected chi connectivity index (χ0v) is 55.2. The molecule has 2 N–H and O–H groups in total. The monoisotopic (exact) mass is 1260 g/mol. The molecule has 3 aliphatic rings. The molecule has 3 aromatic heterocycles. The molecule has 0 saturated heterocycles. The third kappa shape index (κ3) is 16.2. The van der Waals surface area contributed by atoms with Crippen LogP contribution in [0.4, 0.5) is 0 Å². The van der Waals surface area contributed by atoms with E-state index in [2.05, 4.69) is 86.4 Å². The molecule has 6 aromatic rings. The van der Waals surface area contributed by atoms with Crippen LogP contribution in [0.2, 0.25) is 13.3 Å². The summed E-state index contributed by atoms with van der Waals surface area (Å²) in [5.74, 6) is 0.382. The molecule has 3 heterocycles. The van der Waals surface area contributed by atoms with Gasteiger partial charge in [-0.2, -0.15) is 0 Å². The van der Waals surface area contributed by atoms with E-state index < -0.39 is 24.3 Å². The molecule has 0 bridgehead atoms. The number of esters is 2. The fourth-order valence-electron chi connectivity index (χ4n) is 12.7. The smallest absolute Gasteiger partial charge is 0.870 e. The summed E-state index contributed by atoms with van der Waals surface area (Å²) in [6.07, 6.45) is 27.6. The molecule has 0 aliphatic heterocycles. The molecule has 3 saturated carbocycles. The molecular formula is C66H93BrN3NaO7Sn. The molecule has 0 atom stereocenters. The van der Waals surface area contributed by atoms with Gasteiger partial charge in [-0.3, -0.25) is 0 Å². The van der Waals surface area contributed by atoms with Gasteiger partial charge in [-0.1, -0.05) is 77.3 Å². The van der Waals surface area contributed by atoms with E-state index in [1.165, 1.54) is 168 Å². The SMILES string of the molecule is C.C=Cc1c(C2CCCC2)c2ccc(C(=O)O)cc2n1C.C=Cc1c(C2CCCC2)c2ccc(C(=O)OC)cc2n1C.C=[CH][Sn]([CH2]CCC)([CH2]CCC)[CH2]CCC.COC(=O)c1ccc2c(C3CCCC3)c(Br)n(C)c2c1.[Na+].[OH-]. The molecule has 0 unspecified atom stereocenters. The number of halogens is 1. The summed E-state index contributed by atoms with van der Waals surface area (Å²) in [5, 5.41) is 12.8. The number of hydrogen-bond acceptors (Lipinski definition) is 6. The number of nitrogens with zero attached hydrogens (tertiary/aromatic N) is 3. The number of aromatic carboxylic acids is 1. The standard InChI is InChI=1S/C18H21NO2.C17H19NO2.C16H18BrNO2.3C4H9.C2H3.CH4.Na.H2O.Sn/c1-4-15-17(12-7-5-6-8-12)14-10-9-13(18(20)21-3)11-16(14)19(15)2;1-3-14-16(11-6-4-5-7-11)13-9-8-12(17(19)20)10-15(13)18(14)2;1-18-13-9-11(16(19)20-2)7-8-12(13)14(15(18)17)10-5-3-4-6-10;3*1-3-4-2;1-2;;;;/h4,9-12H,1,5-8H2,2-3H3;3,8-11H,1,4-7H2,2H3,(H,19,20);7-10H,3-6H2,1-2H3;3*1,3-4H2,2H3;1H,2H2;1H4;;1H2;/q;;;;;;;;+1;;/p-1. The number of ether oxygens (including phenoxy) is 2. The number of carbonyl (C=O) groups is 3. The van der Waals surface area contributed by atoms with E-state index in [9.17, 15) is 14.4 Å². The largest absolute Gasteiger partial charge is 1.00 e. The number of benzene rings is 3. The van der Waals surface area contributed by atoms with E-state index >= 15 is 0 Å². The molecule has 79 heavy (non-hydrogen) atoms. The van der Waals surface area contributed by atoms with Gasteiger partial charge in [0.25, 0.3) is 0 Å². The van der Waals surface area contributed by atoms with Gasteiger partial charge in [0.15, 0.2) is 0 Å². The molecule has 3 fully saturated rings. The topological polar surface area (TPSA) is 135 Å². The predicted molar refractivity (Wildman–Crippen MR) is 334 cm³/mol. The van der Waals surface area contributed by atoms with Gasteiger partial charge >= 0.3 is 149 Å². The maximum absolute atomic E-state index is 11.7. The zero-order chi connectivity index (χ0) is 55.1. The first-order chi connectivity index (χ1) is 36.7. The van der Waals surface area contributed by atoms with Crippen molar-refractivity contribution in [3.8, 4) is 0 Å². The Balaban J connectivity index is 0.000000276. The van der Waals surface area contributed by atoms with Gasteiger partial charge in [0.1, 0.15) is 0 Å². The molecule has 10 nitrogen and oxygen atoms in total. The minimum atomic E-state index is -1.85. The molecular weight excluding hydrogens is 1170 g/mol. The zero-order valence-electron chi connectivity index (χ0n) is 48.8. The Kier molecular flexibility index (Phi) is 29.3. The molecule has 0 spiro atoms. The number of unbranched alkanes of at least 4 members (excludes halogenated alkanes) is 3. The summed E-state index contributed by atoms with van der Waals surface area (Å²) >= 11 is 1.88. The Morgan fingerprint density at radius 1 is 0.582 bits per heavy atom. The van der Waals surface area contributed by atoms with Crippen molar-refractivity contribution in [1.82, 2.24) is 13.7 Å². The van der Waals surface area contributed by atoms with Gasteiger partial charge in [-0.15, -0.1) is 0 Å². The fraction of sp³-hybridized carbons (Fsp3) is 0.500. The number of hydrogen-bond donors (Lipinski definition) is 1. The summed E-state index contributed by atoms with van der Waals surface area (Å²) < 4.78 is 24.3. The van der Waals surface area contributed by atoms with Crippen molar-refractivity contribution in [2.75, 3.05) is 14.2 Å². The minimum Gasteiger partial charge on any atom is -0.870 e. The van der Waals surface area contributed by atoms with Gasteiger partial charge in [0, 0.05) is 65.2 Å². The van der Waals surface area contributed by atoms with Crippen LogP contribution < -0.4 is 29.6 Å². The number of carbonyl (C=O) groups excluding carboxylic acids is 2. The first-order valence-electron chi connectivity index (χ1n) is 28.5. The van der Waals surface area contributed by atoms with Crippen molar-refractivity contribution in [3.05, 3.63) is 128 Å². The summed E-state index contributed by atoms with van der Waals surface area (Å²) in [7, 11) is 8.89. The molecule has 3 aliphatic carbocycles. The average Bonchev–Trinajstić information content (AvgIpc) is 4.48. The summed E-state index contributed by atoms with van der Waals surface area (Å²) in [4.78, 5) is 34.6. The third-order valence-electron chi connectivity index (χ3n) is 17.0. The van der Waals surface area contributed by atoms with Crippen LogP contribution in [0.5, 0.6) is 0 Å². The molecule has 9 rings (SSSR count). The second kappa shape index (κ2) is 33.3. The van der Waals surface area contributed by atoms with Gasteiger partial charge in [0.05, 0.1) is 35.5 Å². The van der Waals surface area contributed by atoms with Gasteiger partial charge in [-0.05, 0) is 137 Å². The van der Waals surface area contributed by atoms with Crippen LogP contribution in [0.25, 0.3) is 44.9 Å². The Hall–Kier alpha value is -3.85. The fourth-order valence-corrected chi connectivity index (χ4v) is 26.4. The van der Waals surface area contributed by atoms with Gasteiger partial charge in [-0.25, -0.2) is 14.4 Å². The van der Waals surface area contributed by atoms with Crippen LogP contribution in [0, 0.1) is 0 Å².